The molecule has 2 N–H and O–H groups in total. The fourth-order valence-corrected chi connectivity index (χ4v) is 2.13. The van der Waals surface area contributed by atoms with Crippen molar-refractivity contribution >= 4 is 5.91 Å². The zero-order valence-corrected chi connectivity index (χ0v) is 9.60. The van der Waals surface area contributed by atoms with E-state index < -0.39 is 6.04 Å². The molecular weight excluding hydrogens is 200 g/mol. The van der Waals surface area contributed by atoms with Crippen LogP contribution in [0.2, 0.25) is 0 Å². The normalized spacial score (nSPS) is 22.1. The molecule has 16 heavy (non-hydrogen) atoms. The number of hydrogen-bond donors (Lipinski definition) is 1. The van der Waals surface area contributed by atoms with Crippen molar-refractivity contribution in [2.75, 3.05) is 13.1 Å². The number of nitrogens with two attached hydrogens (primary N) is 1. The van der Waals surface area contributed by atoms with E-state index in [1.165, 1.54) is 0 Å². The summed E-state index contributed by atoms with van der Waals surface area (Å²) in [5.74, 6) is 0.655. The Labute approximate surface area is 96.2 Å². The van der Waals surface area contributed by atoms with Crippen molar-refractivity contribution in [1.82, 2.24) is 4.90 Å². The minimum absolute atomic E-state index is 0.0514. The SMILES string of the molecule is CC1CCN(C(=O)[C@H](N)c2ccccc2)C1. The largest absolute Gasteiger partial charge is 0.341 e. The van der Waals surface area contributed by atoms with Gasteiger partial charge in [-0.3, -0.25) is 4.79 Å². The highest BCUT2D eigenvalue weighted by molar-refractivity contribution is 5.83. The molecule has 1 amide bonds. The molecule has 1 aliphatic heterocycles. The van der Waals surface area contributed by atoms with Gasteiger partial charge in [-0.05, 0) is 17.9 Å². The Morgan fingerprint density at radius 1 is 1.44 bits per heavy atom. The molecule has 0 bridgehead atoms. The van der Waals surface area contributed by atoms with Crippen molar-refractivity contribution < 1.29 is 4.79 Å². The lowest BCUT2D eigenvalue weighted by Gasteiger charge is -2.20. The minimum Gasteiger partial charge on any atom is -0.341 e. The van der Waals surface area contributed by atoms with E-state index in [1.807, 2.05) is 35.2 Å². The van der Waals surface area contributed by atoms with Gasteiger partial charge < -0.3 is 10.6 Å². The molecule has 0 radical (unpaired) electrons. The molecule has 1 unspecified atom stereocenters. The van der Waals surface area contributed by atoms with E-state index in [0.717, 1.165) is 25.1 Å². The maximum absolute atomic E-state index is 12.1. The number of nitrogens with zero attached hydrogens (tertiary/aromatic N) is 1. The van der Waals surface area contributed by atoms with E-state index >= 15 is 0 Å². The summed E-state index contributed by atoms with van der Waals surface area (Å²) in [6.45, 7) is 3.86. The number of amides is 1. The maximum Gasteiger partial charge on any atom is 0.244 e. The zero-order valence-electron chi connectivity index (χ0n) is 9.60. The summed E-state index contributed by atoms with van der Waals surface area (Å²) in [6, 6.07) is 9.05. The van der Waals surface area contributed by atoms with Gasteiger partial charge in [-0.1, -0.05) is 37.3 Å². The van der Waals surface area contributed by atoms with Crippen molar-refractivity contribution in [1.29, 1.82) is 0 Å². The molecule has 0 aromatic heterocycles. The third-order valence-corrected chi connectivity index (χ3v) is 3.16. The standard InChI is InChI=1S/C13H18N2O/c1-10-7-8-15(9-10)13(16)12(14)11-5-3-2-4-6-11/h2-6,10,12H,7-9,14H2,1H3/t10?,12-/m1/s1. The van der Waals surface area contributed by atoms with Crippen LogP contribution in [0.5, 0.6) is 0 Å². The number of rotatable bonds is 2. The summed E-state index contributed by atoms with van der Waals surface area (Å²) >= 11 is 0. The number of carbonyl (C=O) groups excluding carboxylic acids is 1. The quantitative estimate of drug-likeness (QED) is 0.818. The number of carbonyl (C=O) groups is 1. The first-order valence-corrected chi connectivity index (χ1v) is 5.78. The molecule has 1 saturated heterocycles. The highest BCUT2D eigenvalue weighted by Gasteiger charge is 2.27. The number of hydrogen-bond acceptors (Lipinski definition) is 2. The van der Waals surface area contributed by atoms with Crippen molar-refractivity contribution in [3.63, 3.8) is 0 Å². The fourth-order valence-electron chi connectivity index (χ4n) is 2.13. The van der Waals surface area contributed by atoms with Crippen LogP contribution in [0.4, 0.5) is 0 Å². The first-order chi connectivity index (χ1) is 7.68. The van der Waals surface area contributed by atoms with Gasteiger partial charge in [0.25, 0.3) is 0 Å². The second-order valence-corrected chi connectivity index (χ2v) is 4.57. The first kappa shape index (κ1) is 11.1. The highest BCUT2D eigenvalue weighted by Crippen LogP contribution is 2.20. The van der Waals surface area contributed by atoms with E-state index in [1.54, 1.807) is 0 Å². The van der Waals surface area contributed by atoms with Gasteiger partial charge in [-0.15, -0.1) is 0 Å². The molecule has 86 valence electrons. The van der Waals surface area contributed by atoms with E-state index in [0.29, 0.717) is 5.92 Å². The van der Waals surface area contributed by atoms with Gasteiger partial charge >= 0.3 is 0 Å². The average Bonchev–Trinajstić information content (AvgIpc) is 2.75. The molecule has 1 fully saturated rings. The lowest BCUT2D eigenvalue weighted by molar-refractivity contribution is -0.131. The van der Waals surface area contributed by atoms with Crippen LogP contribution in [0, 0.1) is 5.92 Å². The lowest BCUT2D eigenvalue weighted by Crippen LogP contribution is -2.36. The third kappa shape index (κ3) is 2.25. The topological polar surface area (TPSA) is 46.3 Å². The molecule has 2 atom stereocenters. The van der Waals surface area contributed by atoms with Gasteiger partial charge in [0, 0.05) is 13.1 Å². The molecule has 2 rings (SSSR count). The van der Waals surface area contributed by atoms with Crippen molar-refractivity contribution in [2.24, 2.45) is 11.7 Å². The summed E-state index contributed by atoms with van der Waals surface area (Å²) in [5.41, 5.74) is 6.87. The molecule has 3 heteroatoms. The van der Waals surface area contributed by atoms with Crippen molar-refractivity contribution in [3.05, 3.63) is 35.9 Å². The summed E-state index contributed by atoms with van der Waals surface area (Å²) in [5, 5.41) is 0. The molecule has 0 aliphatic carbocycles. The van der Waals surface area contributed by atoms with Gasteiger partial charge in [0.2, 0.25) is 5.91 Å². The second kappa shape index (κ2) is 4.66. The molecular formula is C13H18N2O. The number of likely N-dealkylation sites (tertiary alicyclic amines) is 1. The van der Waals surface area contributed by atoms with Gasteiger partial charge in [0.1, 0.15) is 6.04 Å². The lowest BCUT2D eigenvalue weighted by atomic mass is 10.1. The van der Waals surface area contributed by atoms with E-state index in [-0.39, 0.29) is 5.91 Å². The van der Waals surface area contributed by atoms with Crippen LogP contribution >= 0.6 is 0 Å². The van der Waals surface area contributed by atoms with E-state index in [2.05, 4.69) is 6.92 Å². The monoisotopic (exact) mass is 218 g/mol. The Balaban J connectivity index is 2.05. The predicted octanol–water partition coefficient (Wildman–Crippen LogP) is 1.55. The Morgan fingerprint density at radius 3 is 2.69 bits per heavy atom. The van der Waals surface area contributed by atoms with Crippen LogP contribution in [0.15, 0.2) is 30.3 Å². The van der Waals surface area contributed by atoms with Crippen LogP contribution in [0.3, 0.4) is 0 Å². The summed E-state index contributed by atoms with van der Waals surface area (Å²) in [6.07, 6.45) is 1.09. The Hall–Kier alpha value is -1.35. The second-order valence-electron chi connectivity index (χ2n) is 4.57. The maximum atomic E-state index is 12.1. The zero-order chi connectivity index (χ0) is 11.5. The molecule has 0 spiro atoms. The average molecular weight is 218 g/mol. The van der Waals surface area contributed by atoms with Crippen LogP contribution in [-0.2, 0) is 4.79 Å². The van der Waals surface area contributed by atoms with Gasteiger partial charge in [0.05, 0.1) is 0 Å². The highest BCUT2D eigenvalue weighted by atomic mass is 16.2. The molecule has 1 aromatic carbocycles. The van der Waals surface area contributed by atoms with Crippen LogP contribution in [-0.4, -0.2) is 23.9 Å². The third-order valence-electron chi connectivity index (χ3n) is 3.16. The minimum atomic E-state index is -0.508. The summed E-state index contributed by atoms with van der Waals surface area (Å²) in [4.78, 5) is 14.0. The smallest absolute Gasteiger partial charge is 0.244 e. The summed E-state index contributed by atoms with van der Waals surface area (Å²) < 4.78 is 0. The Morgan fingerprint density at radius 2 is 2.12 bits per heavy atom. The first-order valence-electron chi connectivity index (χ1n) is 5.78. The molecule has 0 saturated carbocycles. The van der Waals surface area contributed by atoms with E-state index in [9.17, 15) is 4.79 Å². The molecule has 1 aromatic rings. The van der Waals surface area contributed by atoms with Gasteiger partial charge in [-0.2, -0.15) is 0 Å². The molecule has 1 heterocycles. The van der Waals surface area contributed by atoms with E-state index in [4.69, 9.17) is 5.73 Å². The fraction of sp³-hybridized carbons (Fsp3) is 0.462. The number of benzene rings is 1. The van der Waals surface area contributed by atoms with Crippen LogP contribution in [0.25, 0.3) is 0 Å². The molecule has 1 aliphatic rings. The summed E-state index contributed by atoms with van der Waals surface area (Å²) in [7, 11) is 0. The van der Waals surface area contributed by atoms with Gasteiger partial charge in [0.15, 0.2) is 0 Å². The molecule has 3 nitrogen and oxygen atoms in total. The Bertz CT molecular complexity index is 363. The van der Waals surface area contributed by atoms with Crippen LogP contribution < -0.4 is 5.73 Å². The predicted molar refractivity (Wildman–Crippen MR) is 63.7 cm³/mol. The Kier molecular flexibility index (Phi) is 3.25. The van der Waals surface area contributed by atoms with Gasteiger partial charge in [-0.25, -0.2) is 0 Å². The van der Waals surface area contributed by atoms with Crippen LogP contribution in [0.1, 0.15) is 24.9 Å². The van der Waals surface area contributed by atoms with Crippen molar-refractivity contribution in [2.45, 2.75) is 19.4 Å². The van der Waals surface area contributed by atoms with Crippen molar-refractivity contribution in [3.8, 4) is 0 Å².